The van der Waals surface area contributed by atoms with E-state index in [0.717, 1.165) is 12.3 Å². The van der Waals surface area contributed by atoms with Gasteiger partial charge in [0.1, 0.15) is 11.8 Å². The highest BCUT2D eigenvalue weighted by atomic mass is 31.2. The number of aromatic nitrogens is 2. The van der Waals surface area contributed by atoms with Crippen molar-refractivity contribution in [2.75, 3.05) is 6.16 Å². The predicted molar refractivity (Wildman–Crippen MR) is 74.0 cm³/mol. The first-order valence-electron chi connectivity index (χ1n) is 6.15. The van der Waals surface area contributed by atoms with Crippen molar-refractivity contribution < 1.29 is 38.5 Å². The Morgan fingerprint density at radius 3 is 2.30 bits per heavy atom. The number of ether oxygens (including phenoxy) is 1. The number of aliphatic hydroxyl groups excluding tert-OH is 1. The smallest absolute Gasteiger partial charge is 0.334 e. The molecule has 0 bridgehead atoms. The van der Waals surface area contributed by atoms with Crippen LogP contribution in [-0.2, 0) is 13.9 Å². The molecule has 2 rings (SSSR count). The third-order valence-corrected chi connectivity index (χ3v) is 5.52. The standard InChI is InChI=1S/C9H14N2O10P2/c12-5-1-2-11(9(14)10-5)8-6(13)7(23(18,19)20)4(21-8)3-22(15,16)17/h1-2,4,6-8,13H,3H2,(H,10,12,14)(H2,15,16,17)(H2,18,19,20)/t4-,6-,7-,8-/m1/s1. The topological polar surface area (TPSA) is 199 Å². The average molecular weight is 372 g/mol. The van der Waals surface area contributed by atoms with Crippen molar-refractivity contribution >= 4 is 15.2 Å². The van der Waals surface area contributed by atoms with Crippen LogP contribution in [0, 0.1) is 0 Å². The minimum Gasteiger partial charge on any atom is -0.387 e. The SMILES string of the molecule is O=c1ccn([C@@H]2O[C@H](CP(=O)(O)O)[C@@H](P(=O)(O)O)[C@H]2O)c(=O)[nH]1. The van der Waals surface area contributed by atoms with Crippen molar-refractivity contribution in [1.82, 2.24) is 9.55 Å². The summed E-state index contributed by atoms with van der Waals surface area (Å²) >= 11 is 0. The van der Waals surface area contributed by atoms with Crippen molar-refractivity contribution in [3.05, 3.63) is 33.1 Å². The highest BCUT2D eigenvalue weighted by Crippen LogP contribution is 2.54. The molecule has 23 heavy (non-hydrogen) atoms. The van der Waals surface area contributed by atoms with Crippen LogP contribution >= 0.6 is 15.2 Å². The van der Waals surface area contributed by atoms with Gasteiger partial charge in [0.05, 0.1) is 12.3 Å². The molecule has 12 nitrogen and oxygen atoms in total. The van der Waals surface area contributed by atoms with E-state index in [1.807, 2.05) is 4.98 Å². The summed E-state index contributed by atoms with van der Waals surface area (Å²) in [6.45, 7) is 0. The first-order valence-corrected chi connectivity index (χ1v) is 9.63. The lowest BCUT2D eigenvalue weighted by Crippen LogP contribution is -2.37. The largest absolute Gasteiger partial charge is 0.387 e. The second-order valence-electron chi connectivity index (χ2n) is 5.00. The molecule has 2 heterocycles. The van der Waals surface area contributed by atoms with Crippen LogP contribution < -0.4 is 11.2 Å². The molecule has 6 N–H and O–H groups in total. The Labute approximate surface area is 127 Å². The maximum Gasteiger partial charge on any atom is 0.334 e. The third kappa shape index (κ3) is 4.06. The van der Waals surface area contributed by atoms with E-state index in [1.54, 1.807) is 0 Å². The molecule has 0 amide bonds. The summed E-state index contributed by atoms with van der Waals surface area (Å²) in [4.78, 5) is 61.1. The number of aromatic amines is 1. The maximum atomic E-state index is 11.7. The molecular weight excluding hydrogens is 358 g/mol. The van der Waals surface area contributed by atoms with Gasteiger partial charge in [-0.3, -0.25) is 23.5 Å². The molecule has 1 aliphatic heterocycles. The molecule has 0 aliphatic carbocycles. The molecule has 1 aliphatic rings. The van der Waals surface area contributed by atoms with E-state index in [1.165, 1.54) is 0 Å². The van der Waals surface area contributed by atoms with E-state index < -0.39 is 56.7 Å². The van der Waals surface area contributed by atoms with Gasteiger partial charge in [-0.2, -0.15) is 0 Å². The van der Waals surface area contributed by atoms with Crippen molar-refractivity contribution in [2.24, 2.45) is 0 Å². The molecule has 0 saturated carbocycles. The molecular formula is C9H14N2O10P2. The van der Waals surface area contributed by atoms with Crippen LogP contribution in [0.2, 0.25) is 0 Å². The molecule has 0 spiro atoms. The van der Waals surface area contributed by atoms with Crippen molar-refractivity contribution in [3.63, 3.8) is 0 Å². The van der Waals surface area contributed by atoms with Gasteiger partial charge in [-0.05, 0) is 0 Å². The number of hydrogen-bond donors (Lipinski definition) is 6. The first-order chi connectivity index (χ1) is 10.4. The summed E-state index contributed by atoms with van der Waals surface area (Å²) in [7, 11) is -9.71. The fourth-order valence-electron chi connectivity index (χ4n) is 2.39. The molecule has 0 unspecified atom stereocenters. The van der Waals surface area contributed by atoms with Gasteiger partial charge in [0, 0.05) is 12.3 Å². The number of aliphatic hydroxyl groups is 1. The van der Waals surface area contributed by atoms with E-state index >= 15 is 0 Å². The highest BCUT2D eigenvalue weighted by Gasteiger charge is 2.54. The van der Waals surface area contributed by atoms with Crippen LogP contribution in [0.25, 0.3) is 0 Å². The third-order valence-electron chi connectivity index (χ3n) is 3.27. The molecule has 4 atom stereocenters. The van der Waals surface area contributed by atoms with Crippen LogP contribution in [0.1, 0.15) is 6.23 Å². The van der Waals surface area contributed by atoms with E-state index in [4.69, 9.17) is 14.5 Å². The van der Waals surface area contributed by atoms with Gasteiger partial charge in [-0.1, -0.05) is 0 Å². The maximum absolute atomic E-state index is 11.7. The zero-order valence-corrected chi connectivity index (χ0v) is 13.1. The Morgan fingerprint density at radius 2 is 1.83 bits per heavy atom. The average Bonchev–Trinajstić information content (AvgIpc) is 2.63. The van der Waals surface area contributed by atoms with Gasteiger partial charge >= 0.3 is 20.9 Å². The zero-order chi connectivity index (χ0) is 17.6. The van der Waals surface area contributed by atoms with Crippen molar-refractivity contribution in [3.8, 4) is 0 Å². The second-order valence-corrected chi connectivity index (χ2v) is 8.47. The van der Waals surface area contributed by atoms with Crippen LogP contribution in [0.3, 0.4) is 0 Å². The quantitative estimate of drug-likeness (QED) is 0.307. The monoisotopic (exact) mass is 372 g/mol. The number of rotatable bonds is 4. The normalized spacial score (nSPS) is 28.9. The van der Waals surface area contributed by atoms with Crippen LogP contribution in [0.4, 0.5) is 0 Å². The second kappa shape index (κ2) is 6.08. The Hall–Kier alpha value is -1.10. The lowest BCUT2D eigenvalue weighted by Gasteiger charge is -2.21. The molecule has 1 fully saturated rings. The summed E-state index contributed by atoms with van der Waals surface area (Å²) < 4.78 is 28.4. The zero-order valence-electron chi connectivity index (χ0n) is 11.3. The number of H-pyrrole nitrogens is 1. The van der Waals surface area contributed by atoms with Gasteiger partial charge < -0.3 is 29.4 Å². The van der Waals surface area contributed by atoms with Gasteiger partial charge in [-0.25, -0.2) is 4.79 Å². The molecule has 130 valence electrons. The highest BCUT2D eigenvalue weighted by molar-refractivity contribution is 7.53. The minimum atomic E-state index is -5.00. The molecule has 0 aromatic carbocycles. The molecule has 1 aromatic rings. The fraction of sp³-hybridized carbons (Fsp3) is 0.556. The lowest BCUT2D eigenvalue weighted by atomic mass is 10.2. The lowest BCUT2D eigenvalue weighted by molar-refractivity contribution is -0.0349. The van der Waals surface area contributed by atoms with Crippen LogP contribution in [-0.4, -0.2) is 58.3 Å². The fourth-order valence-corrected chi connectivity index (χ4v) is 4.49. The van der Waals surface area contributed by atoms with E-state index in [2.05, 4.69) is 0 Å². The number of nitrogens with zero attached hydrogens (tertiary/aromatic N) is 1. The van der Waals surface area contributed by atoms with Gasteiger partial charge in [0.2, 0.25) is 0 Å². The van der Waals surface area contributed by atoms with Gasteiger partial charge in [0.25, 0.3) is 5.56 Å². The summed E-state index contributed by atoms with van der Waals surface area (Å²) in [6, 6.07) is 0.917. The summed E-state index contributed by atoms with van der Waals surface area (Å²) in [5, 5.41) is 10.1. The summed E-state index contributed by atoms with van der Waals surface area (Å²) in [5.74, 6) is 0. The van der Waals surface area contributed by atoms with Crippen LogP contribution in [0.5, 0.6) is 0 Å². The van der Waals surface area contributed by atoms with Crippen LogP contribution in [0.15, 0.2) is 21.9 Å². The Morgan fingerprint density at radius 1 is 1.22 bits per heavy atom. The predicted octanol–water partition coefficient (Wildman–Crippen LogP) is -2.48. The number of nitrogens with one attached hydrogen (secondary N) is 1. The number of hydrogen-bond acceptors (Lipinski definition) is 6. The molecule has 1 saturated heterocycles. The Bertz CT molecular complexity index is 790. The first kappa shape index (κ1) is 18.2. The molecule has 1 aromatic heterocycles. The van der Waals surface area contributed by atoms with E-state index in [0.29, 0.717) is 4.57 Å². The Kier molecular flexibility index (Phi) is 4.82. The van der Waals surface area contributed by atoms with Crippen molar-refractivity contribution in [2.45, 2.75) is 24.1 Å². The van der Waals surface area contributed by atoms with Crippen molar-refractivity contribution in [1.29, 1.82) is 0 Å². The summed E-state index contributed by atoms with van der Waals surface area (Å²) in [6.07, 6.45) is -5.33. The summed E-state index contributed by atoms with van der Waals surface area (Å²) in [5.41, 5.74) is -3.68. The van der Waals surface area contributed by atoms with Gasteiger partial charge in [0.15, 0.2) is 6.23 Å². The minimum absolute atomic E-state index is 0.675. The molecule has 14 heteroatoms. The van der Waals surface area contributed by atoms with E-state index in [9.17, 15) is 33.6 Å². The Balaban J connectivity index is 2.44. The van der Waals surface area contributed by atoms with E-state index in [-0.39, 0.29) is 0 Å². The van der Waals surface area contributed by atoms with Gasteiger partial charge in [-0.15, -0.1) is 0 Å². The molecule has 0 radical (unpaired) electrons.